The van der Waals surface area contributed by atoms with Crippen LogP contribution in [0.15, 0.2) is 0 Å². The van der Waals surface area contributed by atoms with Crippen molar-refractivity contribution in [1.29, 1.82) is 0 Å². The Morgan fingerprint density at radius 3 is 2.20 bits per heavy atom. The number of aliphatic hydroxyl groups excluding tert-OH is 7. The van der Waals surface area contributed by atoms with Gasteiger partial charge < -0.3 is 88.7 Å². The lowest BCUT2D eigenvalue weighted by Crippen LogP contribution is -2.66. The third-order valence-corrected chi connectivity index (χ3v) is 8.78. The molecule has 1 unspecified atom stereocenters. The van der Waals surface area contributed by atoms with Gasteiger partial charge in [0, 0.05) is 32.1 Å². The first-order chi connectivity index (χ1) is 21.3. The number of ether oxygens (including phenoxy) is 4. The quantitative estimate of drug-likeness (QED) is 0.0735. The zero-order valence-electron chi connectivity index (χ0n) is 25.4. The van der Waals surface area contributed by atoms with Crippen LogP contribution in [0.5, 0.6) is 0 Å². The Hall–Kier alpha value is -1.01. The number of carbonyl (C=O) groups excluding carboxylic acids is 1. The monoisotopic (exact) mass is 654 g/mol. The molecule has 0 radical (unpaired) electrons. The van der Waals surface area contributed by atoms with Crippen LogP contribution in [0.2, 0.25) is 0 Å². The fourth-order valence-electron chi connectivity index (χ4n) is 6.04. The highest BCUT2D eigenvalue weighted by atomic mass is 16.7. The molecular formula is C27H54N6O12. The Bertz CT molecular complexity index is 897. The second kappa shape index (κ2) is 17.9. The van der Waals surface area contributed by atoms with E-state index < -0.39 is 110 Å². The minimum atomic E-state index is -1.57. The van der Waals surface area contributed by atoms with E-state index in [0.717, 1.165) is 0 Å². The lowest BCUT2D eigenvalue weighted by molar-refractivity contribution is -0.320. The summed E-state index contributed by atoms with van der Waals surface area (Å²) in [7, 11) is 0. The molecule has 2 saturated heterocycles. The highest BCUT2D eigenvalue weighted by molar-refractivity contribution is 5.83. The zero-order valence-corrected chi connectivity index (χ0v) is 25.4. The van der Waals surface area contributed by atoms with E-state index in [1.807, 2.05) is 0 Å². The van der Waals surface area contributed by atoms with Crippen LogP contribution in [0.25, 0.3) is 0 Å². The van der Waals surface area contributed by atoms with Crippen LogP contribution in [0, 0.1) is 5.92 Å². The second-order valence-corrected chi connectivity index (χ2v) is 12.3. The topological polar surface area (TPSA) is 338 Å². The van der Waals surface area contributed by atoms with Gasteiger partial charge >= 0.3 is 0 Å². The number of rotatable bonds is 16. The Labute approximate surface area is 262 Å². The predicted octanol–water partition coefficient (Wildman–Crippen LogP) is -7.00. The lowest BCUT2D eigenvalue weighted by atomic mass is 9.76. The van der Waals surface area contributed by atoms with Crippen molar-refractivity contribution in [3.8, 4) is 0 Å². The summed E-state index contributed by atoms with van der Waals surface area (Å²) >= 11 is 0. The van der Waals surface area contributed by atoms with Crippen LogP contribution in [-0.4, -0.2) is 166 Å². The van der Waals surface area contributed by atoms with Crippen molar-refractivity contribution in [3.05, 3.63) is 0 Å². The first-order valence-corrected chi connectivity index (χ1v) is 15.5. The summed E-state index contributed by atoms with van der Waals surface area (Å²) < 4.78 is 23.6. The van der Waals surface area contributed by atoms with Gasteiger partial charge in [0.2, 0.25) is 0 Å². The average molecular weight is 655 g/mol. The van der Waals surface area contributed by atoms with E-state index >= 15 is 0 Å². The molecule has 3 rings (SSSR count). The molecule has 3 aliphatic rings. The molecule has 1 saturated carbocycles. The largest absolute Gasteiger partial charge is 0.394 e. The number of hydrogen-bond donors (Lipinski definition) is 13. The molecule has 0 aromatic heterocycles. The van der Waals surface area contributed by atoms with Crippen LogP contribution < -0.4 is 34.0 Å². The molecule has 18 N–H and O–H groups in total. The Balaban J connectivity index is 1.75. The molecule has 45 heavy (non-hydrogen) atoms. The fraction of sp³-hybridized carbons (Fsp3) is 0.963. The summed E-state index contributed by atoms with van der Waals surface area (Å²) in [6, 6.07) is -2.95. The highest BCUT2D eigenvalue weighted by Gasteiger charge is 2.51. The smallest absolute Gasteiger partial charge is 0.186 e. The third-order valence-electron chi connectivity index (χ3n) is 8.78. The second-order valence-electron chi connectivity index (χ2n) is 12.3. The van der Waals surface area contributed by atoms with Crippen LogP contribution in [0.4, 0.5) is 0 Å². The number of Topliss-reactive ketones (excluding diaryl/α,β-unsaturated/α-hetero) is 1. The van der Waals surface area contributed by atoms with Gasteiger partial charge in [-0.3, -0.25) is 4.79 Å². The maximum atomic E-state index is 12.6. The Morgan fingerprint density at radius 1 is 0.889 bits per heavy atom. The van der Waals surface area contributed by atoms with Gasteiger partial charge in [-0.1, -0.05) is 0 Å². The van der Waals surface area contributed by atoms with E-state index in [9.17, 15) is 40.5 Å². The van der Waals surface area contributed by atoms with Crippen LogP contribution >= 0.6 is 0 Å². The number of nitrogens with one attached hydrogen (secondary N) is 1. The Kier molecular flexibility index (Phi) is 15.3. The van der Waals surface area contributed by atoms with Crippen LogP contribution in [-0.2, 0) is 23.7 Å². The molecule has 1 aliphatic carbocycles. The number of aliphatic hydroxyl groups is 7. The van der Waals surface area contributed by atoms with Crippen molar-refractivity contribution >= 4 is 5.78 Å². The Morgan fingerprint density at radius 2 is 1.56 bits per heavy atom. The number of ketones is 1. The molecule has 18 nitrogen and oxygen atoms in total. The molecular weight excluding hydrogens is 600 g/mol. The SMILES string of the molecule is NCCCC(O)CNC[C@H]1O[C@H](O[C@H]2[C@H](O)[C@@H](O[C@H]3O[C@H](CO)[C@@H](O)[C@H](N)[C@H]3O)[C@H](CC(=O)[C@@H](O)CN)C[C@@H]2N)[C@H](N)C[C@@H]1O. The van der Waals surface area contributed by atoms with E-state index in [2.05, 4.69) is 5.32 Å². The van der Waals surface area contributed by atoms with Crippen LogP contribution in [0.1, 0.15) is 32.1 Å². The summed E-state index contributed by atoms with van der Waals surface area (Å²) in [5.74, 6) is -1.42. The number of carbonyl (C=O) groups is 1. The highest BCUT2D eigenvalue weighted by Crippen LogP contribution is 2.36. The van der Waals surface area contributed by atoms with Gasteiger partial charge in [0.1, 0.15) is 36.6 Å². The summed E-state index contributed by atoms with van der Waals surface area (Å²) in [6.07, 6.45) is -13.6. The standard InChI is InChI=1S/C27H54N6O12/c28-3-1-2-12(35)8-33-9-18-16(37)6-14(31)26(42-18)45-25-13(30)4-11(5-15(36)17(38)7-29)24(23(25)41)44-27-22(40)20(32)21(39)19(10-34)43-27/h11-14,16-27,33-35,37-41H,1-10,28-32H2/t11-,12?,13-,14+,16-,17-,18+,19+,20-,21+,22+,23+,24-,25+,26+,27+/m0/s1. The molecule has 264 valence electrons. The minimum Gasteiger partial charge on any atom is -0.394 e. The number of nitrogens with two attached hydrogens (primary N) is 5. The fourth-order valence-corrected chi connectivity index (χ4v) is 6.04. The van der Waals surface area contributed by atoms with E-state index in [4.69, 9.17) is 47.6 Å². The molecule has 0 spiro atoms. The van der Waals surface area contributed by atoms with E-state index in [1.165, 1.54) is 0 Å². The van der Waals surface area contributed by atoms with Gasteiger partial charge in [0.25, 0.3) is 0 Å². The maximum absolute atomic E-state index is 12.6. The van der Waals surface area contributed by atoms with Gasteiger partial charge in [-0.25, -0.2) is 0 Å². The normalized spacial score (nSPS) is 42.3. The lowest BCUT2D eigenvalue weighted by Gasteiger charge is -2.48. The first kappa shape index (κ1) is 38.4. The third kappa shape index (κ3) is 10.00. The van der Waals surface area contributed by atoms with Gasteiger partial charge in [0.15, 0.2) is 18.4 Å². The minimum absolute atomic E-state index is 0.0482. The molecule has 3 fully saturated rings. The van der Waals surface area contributed by atoms with Gasteiger partial charge in [0.05, 0.1) is 43.1 Å². The van der Waals surface area contributed by atoms with E-state index in [-0.39, 0.29) is 38.9 Å². The summed E-state index contributed by atoms with van der Waals surface area (Å²) in [4.78, 5) is 12.6. The van der Waals surface area contributed by atoms with Gasteiger partial charge in [-0.15, -0.1) is 0 Å². The molecule has 16 atom stereocenters. The van der Waals surface area contributed by atoms with Crippen molar-refractivity contribution in [3.63, 3.8) is 0 Å². The molecule has 0 aromatic carbocycles. The van der Waals surface area contributed by atoms with Crippen molar-refractivity contribution in [1.82, 2.24) is 5.32 Å². The van der Waals surface area contributed by atoms with Crippen molar-refractivity contribution in [2.45, 2.75) is 124 Å². The summed E-state index contributed by atoms with van der Waals surface area (Å²) in [5.41, 5.74) is 29.5. The van der Waals surface area contributed by atoms with E-state index in [0.29, 0.717) is 19.4 Å². The molecule has 2 heterocycles. The molecule has 18 heteroatoms. The molecule has 0 aromatic rings. The summed E-state index contributed by atoms with van der Waals surface area (Å²) in [6.45, 7) is -0.0811. The maximum Gasteiger partial charge on any atom is 0.186 e. The summed E-state index contributed by atoms with van der Waals surface area (Å²) in [5, 5.41) is 75.8. The van der Waals surface area contributed by atoms with Crippen molar-refractivity contribution in [2.24, 2.45) is 34.6 Å². The predicted molar refractivity (Wildman–Crippen MR) is 157 cm³/mol. The van der Waals surface area contributed by atoms with E-state index in [1.54, 1.807) is 0 Å². The van der Waals surface area contributed by atoms with Gasteiger partial charge in [-0.05, 0) is 38.1 Å². The van der Waals surface area contributed by atoms with Crippen LogP contribution in [0.3, 0.4) is 0 Å². The van der Waals surface area contributed by atoms with Crippen molar-refractivity contribution in [2.75, 3.05) is 32.8 Å². The average Bonchev–Trinajstić information content (AvgIpc) is 3.01. The van der Waals surface area contributed by atoms with Gasteiger partial charge in [-0.2, -0.15) is 0 Å². The zero-order chi connectivity index (χ0) is 33.4. The first-order valence-electron chi connectivity index (χ1n) is 15.5. The van der Waals surface area contributed by atoms with Crippen molar-refractivity contribution < 1.29 is 59.5 Å². The molecule has 0 amide bonds. The molecule has 0 bridgehead atoms. The number of hydrogen-bond acceptors (Lipinski definition) is 18. The molecule has 2 aliphatic heterocycles.